The lowest BCUT2D eigenvalue weighted by Gasteiger charge is -2.39. The lowest BCUT2D eigenvalue weighted by atomic mass is 10.1. The topological polar surface area (TPSA) is 39.5 Å². The van der Waals surface area contributed by atoms with Gasteiger partial charge in [-0.3, -0.25) is 4.90 Å². The molecule has 0 bridgehead atoms. The van der Waals surface area contributed by atoms with E-state index in [0.717, 1.165) is 43.9 Å². The van der Waals surface area contributed by atoms with Crippen molar-refractivity contribution >= 4 is 17.3 Å². The second kappa shape index (κ2) is 8.73. The van der Waals surface area contributed by atoms with Crippen LogP contribution in [0.3, 0.4) is 0 Å². The molecule has 0 aromatic heterocycles. The number of methoxy groups -OCH3 is 1. The molecule has 4 nitrogen and oxygen atoms in total. The maximum absolute atomic E-state index is 9.24. The molecule has 1 aromatic rings. The number of para-hydroxylation sites is 1. The Morgan fingerprint density at radius 1 is 1.39 bits per heavy atom. The van der Waals surface area contributed by atoms with Gasteiger partial charge >= 0.3 is 0 Å². The van der Waals surface area contributed by atoms with Crippen LogP contribution in [0.15, 0.2) is 48.0 Å². The fourth-order valence-electron chi connectivity index (χ4n) is 2.80. The molecule has 1 aliphatic rings. The van der Waals surface area contributed by atoms with Crippen LogP contribution in [-0.2, 0) is 4.74 Å². The molecular weight excluding hydrogens is 310 g/mol. The Balaban J connectivity index is 1.94. The smallest absolute Gasteiger partial charge is 0.113 e. The van der Waals surface area contributed by atoms with Gasteiger partial charge in [0, 0.05) is 44.7 Å². The minimum Gasteiger partial charge on any atom is -0.368 e. The quantitative estimate of drug-likeness (QED) is 0.749. The van der Waals surface area contributed by atoms with Gasteiger partial charge < -0.3 is 9.64 Å². The Morgan fingerprint density at radius 3 is 2.70 bits per heavy atom. The van der Waals surface area contributed by atoms with Crippen molar-refractivity contribution in [2.75, 3.05) is 38.2 Å². The molecule has 23 heavy (non-hydrogen) atoms. The Labute approximate surface area is 143 Å². The predicted molar refractivity (Wildman–Crippen MR) is 94.5 cm³/mol. The molecule has 122 valence electrons. The van der Waals surface area contributed by atoms with E-state index in [9.17, 15) is 5.26 Å². The van der Waals surface area contributed by atoms with Crippen LogP contribution in [0.25, 0.3) is 0 Å². The molecular formula is C18H22ClN3O. The summed E-state index contributed by atoms with van der Waals surface area (Å²) in [6, 6.07) is 10.0. The maximum Gasteiger partial charge on any atom is 0.113 e. The van der Waals surface area contributed by atoms with Gasteiger partial charge in [0.15, 0.2) is 0 Å². The molecule has 1 saturated heterocycles. The van der Waals surface area contributed by atoms with Crippen LogP contribution >= 0.6 is 11.6 Å². The third-order valence-corrected chi connectivity index (χ3v) is 4.12. The number of halogens is 1. The molecule has 1 aromatic carbocycles. The van der Waals surface area contributed by atoms with Gasteiger partial charge in [0.05, 0.1) is 11.3 Å². The molecule has 0 radical (unpaired) electrons. The third-order valence-electron chi connectivity index (χ3n) is 4.00. The Kier molecular flexibility index (Phi) is 6.66. The molecule has 1 heterocycles. The molecule has 5 heteroatoms. The molecule has 2 rings (SSSR count). The molecule has 1 atom stereocenters. The monoisotopic (exact) mass is 331 g/mol. The number of hydrogen-bond acceptors (Lipinski definition) is 4. The summed E-state index contributed by atoms with van der Waals surface area (Å²) >= 11 is 5.74. The maximum atomic E-state index is 9.24. The van der Waals surface area contributed by atoms with Crippen molar-refractivity contribution in [1.29, 1.82) is 5.26 Å². The highest BCUT2D eigenvalue weighted by atomic mass is 35.5. The highest BCUT2D eigenvalue weighted by Crippen LogP contribution is 2.22. The summed E-state index contributed by atoms with van der Waals surface area (Å²) in [6.07, 6.45) is 4.60. The van der Waals surface area contributed by atoms with Gasteiger partial charge in [0.2, 0.25) is 0 Å². The van der Waals surface area contributed by atoms with Crippen LogP contribution in [0, 0.1) is 11.3 Å². The number of benzene rings is 1. The van der Waals surface area contributed by atoms with E-state index in [1.807, 2.05) is 30.3 Å². The van der Waals surface area contributed by atoms with Gasteiger partial charge in [-0.25, -0.2) is 0 Å². The van der Waals surface area contributed by atoms with Crippen LogP contribution in [0.4, 0.5) is 5.69 Å². The molecule has 1 unspecified atom stereocenters. The zero-order valence-electron chi connectivity index (χ0n) is 13.4. The minimum atomic E-state index is 0.0376. The number of anilines is 1. The van der Waals surface area contributed by atoms with E-state index in [0.29, 0.717) is 5.03 Å². The first kappa shape index (κ1) is 17.6. The highest BCUT2D eigenvalue weighted by Gasteiger charge is 2.24. The number of rotatable bonds is 6. The van der Waals surface area contributed by atoms with E-state index in [1.165, 1.54) is 0 Å². The summed E-state index contributed by atoms with van der Waals surface area (Å²) in [5.74, 6) is 0. The number of allylic oxidation sites excluding steroid dienone is 2. The fourth-order valence-corrected chi connectivity index (χ4v) is 2.89. The van der Waals surface area contributed by atoms with E-state index < -0.39 is 0 Å². The Hall–Kier alpha value is -1.80. The summed E-state index contributed by atoms with van der Waals surface area (Å²) in [6.45, 7) is 7.19. The van der Waals surface area contributed by atoms with Gasteiger partial charge in [-0.2, -0.15) is 5.26 Å². The van der Waals surface area contributed by atoms with Crippen molar-refractivity contribution in [2.45, 2.75) is 12.6 Å². The second-order valence-electron chi connectivity index (χ2n) is 5.43. The predicted octanol–water partition coefficient (Wildman–Crippen LogP) is 3.35. The zero-order chi connectivity index (χ0) is 16.7. The summed E-state index contributed by atoms with van der Waals surface area (Å²) in [4.78, 5) is 4.57. The number of hydrogen-bond donors (Lipinski definition) is 0. The Bertz CT molecular complexity index is 601. The van der Waals surface area contributed by atoms with E-state index in [2.05, 4.69) is 22.4 Å². The Morgan fingerprint density at radius 2 is 2.09 bits per heavy atom. The lowest BCUT2D eigenvalue weighted by molar-refractivity contribution is -0.0323. The number of nitrogens with zero attached hydrogens (tertiary/aromatic N) is 3. The van der Waals surface area contributed by atoms with Crippen molar-refractivity contribution < 1.29 is 4.74 Å². The minimum absolute atomic E-state index is 0.0376. The summed E-state index contributed by atoms with van der Waals surface area (Å²) in [5, 5.41) is 9.76. The van der Waals surface area contributed by atoms with Gasteiger partial charge in [0.1, 0.15) is 12.3 Å². The molecule has 0 N–H and O–H groups in total. The van der Waals surface area contributed by atoms with Crippen LogP contribution in [0.1, 0.15) is 12.0 Å². The van der Waals surface area contributed by atoms with Crippen molar-refractivity contribution in [1.82, 2.24) is 4.90 Å². The summed E-state index contributed by atoms with van der Waals surface area (Å²) in [5.41, 5.74) is 1.75. The van der Waals surface area contributed by atoms with Gasteiger partial charge in [-0.15, -0.1) is 0 Å². The molecule has 1 aliphatic heterocycles. The van der Waals surface area contributed by atoms with E-state index in [1.54, 1.807) is 13.2 Å². The molecule has 0 amide bonds. The highest BCUT2D eigenvalue weighted by molar-refractivity contribution is 6.30. The first-order valence-electron chi connectivity index (χ1n) is 7.67. The average molecular weight is 332 g/mol. The molecule has 0 spiro atoms. The van der Waals surface area contributed by atoms with Crippen LogP contribution in [0.5, 0.6) is 0 Å². The third kappa shape index (κ3) is 4.84. The van der Waals surface area contributed by atoms with Crippen molar-refractivity contribution in [3.05, 3.63) is 53.6 Å². The standard InChI is InChI=1S/C18H22ClN3O/c1-15(19)6-5-9-18(23-2)22-12-10-21(11-13-22)17-8-4-3-7-16(17)14-20/h3-8,18H,1,9-13H2,2H3/b6-5-. The van der Waals surface area contributed by atoms with Crippen LogP contribution < -0.4 is 4.90 Å². The van der Waals surface area contributed by atoms with Crippen molar-refractivity contribution in [3.63, 3.8) is 0 Å². The van der Waals surface area contributed by atoms with Gasteiger partial charge in [-0.1, -0.05) is 36.4 Å². The lowest BCUT2D eigenvalue weighted by Crippen LogP contribution is -2.51. The van der Waals surface area contributed by atoms with E-state index in [-0.39, 0.29) is 6.23 Å². The number of piperazine rings is 1. The van der Waals surface area contributed by atoms with E-state index >= 15 is 0 Å². The zero-order valence-corrected chi connectivity index (χ0v) is 14.2. The van der Waals surface area contributed by atoms with E-state index in [4.69, 9.17) is 16.3 Å². The normalized spacial score (nSPS) is 17.2. The van der Waals surface area contributed by atoms with Crippen LogP contribution in [-0.4, -0.2) is 44.4 Å². The van der Waals surface area contributed by atoms with Crippen molar-refractivity contribution in [3.8, 4) is 6.07 Å². The summed E-state index contributed by atoms with van der Waals surface area (Å²) < 4.78 is 5.59. The number of nitriles is 1. The first-order valence-corrected chi connectivity index (χ1v) is 8.05. The molecule has 0 saturated carbocycles. The average Bonchev–Trinajstić information content (AvgIpc) is 2.59. The molecule has 0 aliphatic carbocycles. The largest absolute Gasteiger partial charge is 0.368 e. The fraction of sp³-hybridized carbons (Fsp3) is 0.389. The van der Waals surface area contributed by atoms with Gasteiger partial charge in [-0.05, 0) is 18.2 Å². The van der Waals surface area contributed by atoms with Crippen molar-refractivity contribution in [2.24, 2.45) is 0 Å². The summed E-state index contributed by atoms with van der Waals surface area (Å²) in [7, 11) is 1.73. The van der Waals surface area contributed by atoms with Crippen LogP contribution in [0.2, 0.25) is 0 Å². The second-order valence-corrected chi connectivity index (χ2v) is 5.91. The first-order chi connectivity index (χ1) is 11.2. The SMILES string of the molecule is C=C(Cl)/C=C\CC(OC)N1CCN(c2ccccc2C#N)CC1. The molecule has 1 fully saturated rings. The van der Waals surface area contributed by atoms with Gasteiger partial charge in [0.25, 0.3) is 0 Å². The number of ether oxygens (including phenoxy) is 1.